The molecule has 0 aromatic carbocycles. The van der Waals surface area contributed by atoms with Gasteiger partial charge in [-0.25, -0.2) is 4.98 Å². The number of aromatic nitrogens is 1. The lowest BCUT2D eigenvalue weighted by Crippen LogP contribution is -1.89. The van der Waals surface area contributed by atoms with Gasteiger partial charge >= 0.3 is 0 Å². The summed E-state index contributed by atoms with van der Waals surface area (Å²) in [5.41, 5.74) is 0. The zero-order valence-electron chi connectivity index (χ0n) is 6.06. The van der Waals surface area contributed by atoms with E-state index in [1.54, 1.807) is 11.8 Å². The molecular weight excluding hydrogens is 158 g/mol. The first-order valence-electron chi connectivity index (χ1n) is 3.60. The number of pyridine rings is 1. The van der Waals surface area contributed by atoms with Crippen LogP contribution >= 0.6 is 11.8 Å². The zero-order valence-corrected chi connectivity index (χ0v) is 6.88. The Morgan fingerprint density at radius 1 is 1.64 bits per heavy atom. The lowest BCUT2D eigenvalue weighted by Gasteiger charge is -1.95. The van der Waals surface area contributed by atoms with Crippen LogP contribution in [0.5, 0.6) is 0 Å². The molecule has 3 heteroatoms. The van der Waals surface area contributed by atoms with Crippen molar-refractivity contribution in [2.75, 3.05) is 12.4 Å². The summed E-state index contributed by atoms with van der Waals surface area (Å²) in [6, 6.07) is 5.95. The molecule has 1 aliphatic heterocycles. The van der Waals surface area contributed by atoms with Gasteiger partial charge in [0.05, 0.1) is 17.7 Å². The summed E-state index contributed by atoms with van der Waals surface area (Å²) < 4.78 is 5.08. The Balaban J connectivity index is 1.85. The van der Waals surface area contributed by atoms with E-state index in [2.05, 4.69) is 4.98 Å². The SMILES string of the molecule is c1ccc(SCC2CO2)nc1. The summed E-state index contributed by atoms with van der Waals surface area (Å²) in [6.07, 6.45) is 2.30. The Morgan fingerprint density at radius 2 is 2.55 bits per heavy atom. The van der Waals surface area contributed by atoms with Gasteiger partial charge in [0.25, 0.3) is 0 Å². The van der Waals surface area contributed by atoms with Gasteiger partial charge in [0.1, 0.15) is 0 Å². The molecule has 2 nitrogen and oxygen atoms in total. The monoisotopic (exact) mass is 167 g/mol. The maximum absolute atomic E-state index is 5.08. The Morgan fingerprint density at radius 3 is 3.18 bits per heavy atom. The van der Waals surface area contributed by atoms with Crippen molar-refractivity contribution in [1.82, 2.24) is 4.98 Å². The first-order valence-corrected chi connectivity index (χ1v) is 4.59. The van der Waals surface area contributed by atoms with Crippen LogP contribution in [0, 0.1) is 0 Å². The van der Waals surface area contributed by atoms with E-state index in [4.69, 9.17) is 4.74 Å². The van der Waals surface area contributed by atoms with Crippen molar-refractivity contribution in [2.45, 2.75) is 11.1 Å². The molecule has 0 saturated carbocycles. The van der Waals surface area contributed by atoms with Gasteiger partial charge in [0, 0.05) is 11.9 Å². The number of hydrogen-bond donors (Lipinski definition) is 0. The van der Waals surface area contributed by atoms with Gasteiger partial charge < -0.3 is 4.74 Å². The van der Waals surface area contributed by atoms with Crippen molar-refractivity contribution in [3.05, 3.63) is 24.4 Å². The summed E-state index contributed by atoms with van der Waals surface area (Å²) in [5, 5.41) is 1.09. The van der Waals surface area contributed by atoms with Crippen LogP contribution in [0.1, 0.15) is 0 Å². The van der Waals surface area contributed by atoms with Crippen molar-refractivity contribution >= 4 is 11.8 Å². The van der Waals surface area contributed by atoms with Crippen molar-refractivity contribution < 1.29 is 4.74 Å². The molecule has 1 unspecified atom stereocenters. The van der Waals surface area contributed by atoms with Gasteiger partial charge in [-0.3, -0.25) is 0 Å². The van der Waals surface area contributed by atoms with Crippen molar-refractivity contribution in [3.63, 3.8) is 0 Å². The smallest absolute Gasteiger partial charge is 0.0960 e. The average Bonchev–Trinajstić information content (AvgIpc) is 2.86. The van der Waals surface area contributed by atoms with Crippen LogP contribution in [0.4, 0.5) is 0 Å². The predicted octanol–water partition coefficient (Wildman–Crippen LogP) is 1.57. The van der Waals surface area contributed by atoms with Crippen LogP contribution in [0.3, 0.4) is 0 Å². The van der Waals surface area contributed by atoms with E-state index >= 15 is 0 Å². The molecule has 0 radical (unpaired) electrons. The molecule has 1 aliphatic rings. The number of nitrogens with zero attached hydrogens (tertiary/aromatic N) is 1. The number of ether oxygens (including phenoxy) is 1. The number of thioether (sulfide) groups is 1. The maximum atomic E-state index is 5.08. The summed E-state index contributed by atoms with van der Waals surface area (Å²) in [4.78, 5) is 4.19. The highest BCUT2D eigenvalue weighted by Crippen LogP contribution is 2.21. The highest BCUT2D eigenvalue weighted by Gasteiger charge is 2.22. The Hall–Kier alpha value is -0.540. The highest BCUT2D eigenvalue weighted by atomic mass is 32.2. The first kappa shape index (κ1) is 7.13. The molecule has 2 rings (SSSR count). The lowest BCUT2D eigenvalue weighted by molar-refractivity contribution is 0.426. The van der Waals surface area contributed by atoms with Gasteiger partial charge in [-0.2, -0.15) is 0 Å². The van der Waals surface area contributed by atoms with E-state index in [9.17, 15) is 0 Å². The van der Waals surface area contributed by atoms with Crippen LogP contribution < -0.4 is 0 Å². The summed E-state index contributed by atoms with van der Waals surface area (Å²) in [6.45, 7) is 0.930. The second-order valence-corrected chi connectivity index (χ2v) is 3.47. The van der Waals surface area contributed by atoms with E-state index in [-0.39, 0.29) is 0 Å². The van der Waals surface area contributed by atoms with Gasteiger partial charge in [-0.1, -0.05) is 6.07 Å². The molecular formula is C8H9NOS. The van der Waals surface area contributed by atoms with Gasteiger partial charge in [0.2, 0.25) is 0 Å². The van der Waals surface area contributed by atoms with Crippen molar-refractivity contribution in [3.8, 4) is 0 Å². The average molecular weight is 167 g/mol. The summed E-state index contributed by atoms with van der Waals surface area (Å²) in [5.74, 6) is 1.04. The molecule has 1 saturated heterocycles. The van der Waals surface area contributed by atoms with Crippen LogP contribution in [-0.4, -0.2) is 23.4 Å². The number of rotatable bonds is 3. The van der Waals surface area contributed by atoms with Crippen molar-refractivity contribution in [1.29, 1.82) is 0 Å². The molecule has 0 spiro atoms. The minimum absolute atomic E-state index is 0.488. The fourth-order valence-electron chi connectivity index (χ4n) is 0.775. The van der Waals surface area contributed by atoms with Gasteiger partial charge in [-0.05, 0) is 12.1 Å². The molecule has 0 amide bonds. The standard InChI is InChI=1S/C8H9NOS/c1-2-4-9-8(3-1)11-6-7-5-10-7/h1-4,7H,5-6H2. The molecule has 1 aromatic rings. The summed E-state index contributed by atoms with van der Waals surface area (Å²) >= 11 is 1.75. The molecule has 1 aromatic heterocycles. The van der Waals surface area contributed by atoms with Crippen LogP contribution in [0.25, 0.3) is 0 Å². The quantitative estimate of drug-likeness (QED) is 0.504. The van der Waals surface area contributed by atoms with Crippen LogP contribution in [0.15, 0.2) is 29.4 Å². The Labute approximate surface area is 70.0 Å². The minimum Gasteiger partial charge on any atom is -0.372 e. The fourth-order valence-corrected chi connectivity index (χ4v) is 1.63. The normalized spacial score (nSPS) is 21.6. The van der Waals surface area contributed by atoms with Crippen molar-refractivity contribution in [2.24, 2.45) is 0 Å². The van der Waals surface area contributed by atoms with E-state index < -0.39 is 0 Å². The summed E-state index contributed by atoms with van der Waals surface area (Å²) in [7, 11) is 0. The fraction of sp³-hybridized carbons (Fsp3) is 0.375. The lowest BCUT2D eigenvalue weighted by atomic mass is 10.5. The second-order valence-electron chi connectivity index (χ2n) is 2.43. The third kappa shape index (κ3) is 2.20. The van der Waals surface area contributed by atoms with Gasteiger partial charge in [0.15, 0.2) is 0 Å². The molecule has 1 atom stereocenters. The Kier molecular flexibility index (Phi) is 2.10. The van der Waals surface area contributed by atoms with E-state index in [1.165, 1.54) is 0 Å². The Bertz CT molecular complexity index is 223. The molecule has 0 aliphatic carbocycles. The maximum Gasteiger partial charge on any atom is 0.0960 e. The highest BCUT2D eigenvalue weighted by molar-refractivity contribution is 7.99. The zero-order chi connectivity index (χ0) is 7.52. The van der Waals surface area contributed by atoms with E-state index in [0.29, 0.717) is 6.10 Å². The number of hydrogen-bond acceptors (Lipinski definition) is 3. The minimum atomic E-state index is 0.488. The molecule has 1 fully saturated rings. The van der Waals surface area contributed by atoms with Crippen LogP contribution in [0.2, 0.25) is 0 Å². The van der Waals surface area contributed by atoms with E-state index in [1.807, 2.05) is 24.4 Å². The van der Waals surface area contributed by atoms with E-state index in [0.717, 1.165) is 17.4 Å². The molecule has 2 heterocycles. The second kappa shape index (κ2) is 3.24. The third-order valence-corrected chi connectivity index (χ3v) is 2.53. The third-order valence-electron chi connectivity index (χ3n) is 1.46. The first-order chi connectivity index (χ1) is 5.45. The molecule has 58 valence electrons. The molecule has 0 bridgehead atoms. The van der Waals surface area contributed by atoms with Crippen LogP contribution in [-0.2, 0) is 4.74 Å². The molecule has 0 N–H and O–H groups in total. The van der Waals surface area contributed by atoms with Gasteiger partial charge in [-0.15, -0.1) is 11.8 Å². The molecule has 11 heavy (non-hydrogen) atoms. The topological polar surface area (TPSA) is 25.4 Å². The largest absolute Gasteiger partial charge is 0.372 e. The predicted molar refractivity (Wildman–Crippen MR) is 44.7 cm³/mol. The number of epoxide rings is 1.